The molecular weight excluding hydrogens is 184 g/mol. The molecule has 0 amide bonds. The molecule has 0 aliphatic rings. The molecule has 0 fully saturated rings. The van der Waals surface area contributed by atoms with Crippen molar-refractivity contribution >= 4 is 10.9 Å². The normalized spacial score (nSPS) is 13.3. The lowest BCUT2D eigenvalue weighted by Crippen LogP contribution is -2.12. The van der Waals surface area contributed by atoms with Crippen molar-refractivity contribution in [1.29, 1.82) is 0 Å². The largest absolute Gasteiger partial charge is 0.351 e. The van der Waals surface area contributed by atoms with E-state index in [2.05, 4.69) is 49.0 Å². The van der Waals surface area contributed by atoms with Gasteiger partial charge in [-0.05, 0) is 48.0 Å². The van der Waals surface area contributed by atoms with E-state index >= 15 is 0 Å². The van der Waals surface area contributed by atoms with Crippen LogP contribution < -0.4 is 5.73 Å². The number of aryl methyl sites for hydroxylation is 1. The zero-order valence-electron chi connectivity index (χ0n) is 9.40. The zero-order chi connectivity index (χ0) is 10.8. The molecule has 0 bridgehead atoms. The van der Waals surface area contributed by atoms with Gasteiger partial charge in [0.1, 0.15) is 0 Å². The first-order valence-corrected chi connectivity index (χ1v) is 5.44. The molecule has 1 unspecified atom stereocenters. The van der Waals surface area contributed by atoms with Gasteiger partial charge in [0.2, 0.25) is 0 Å². The van der Waals surface area contributed by atoms with Crippen molar-refractivity contribution in [2.24, 2.45) is 18.7 Å². The quantitative estimate of drug-likeness (QED) is 0.813. The summed E-state index contributed by atoms with van der Waals surface area (Å²) in [5, 5.41) is 1.32. The summed E-state index contributed by atoms with van der Waals surface area (Å²) in [6, 6.07) is 8.82. The Hall–Kier alpha value is -1.28. The summed E-state index contributed by atoms with van der Waals surface area (Å²) in [5.74, 6) is 0.561. The second kappa shape index (κ2) is 4.07. The van der Waals surface area contributed by atoms with Crippen molar-refractivity contribution in [3.05, 3.63) is 36.0 Å². The summed E-state index contributed by atoms with van der Waals surface area (Å²) in [6.07, 6.45) is 3.17. The Morgan fingerprint density at radius 3 is 2.87 bits per heavy atom. The van der Waals surface area contributed by atoms with E-state index in [0.29, 0.717) is 5.92 Å². The second-order valence-corrected chi connectivity index (χ2v) is 4.36. The number of aromatic nitrogens is 1. The SMILES string of the molecule is CC(CN)Cc1ccc2c(ccn2C)c1. The predicted octanol–water partition coefficient (Wildman–Crippen LogP) is 2.32. The molecule has 0 aliphatic carbocycles. The third kappa shape index (κ3) is 2.05. The van der Waals surface area contributed by atoms with Gasteiger partial charge in [-0.3, -0.25) is 0 Å². The van der Waals surface area contributed by atoms with Crippen LogP contribution in [0.4, 0.5) is 0 Å². The van der Waals surface area contributed by atoms with E-state index in [4.69, 9.17) is 5.73 Å². The lowest BCUT2D eigenvalue weighted by atomic mass is 10.0. The van der Waals surface area contributed by atoms with Crippen LogP contribution in [0.2, 0.25) is 0 Å². The van der Waals surface area contributed by atoms with Gasteiger partial charge in [-0.15, -0.1) is 0 Å². The molecule has 0 saturated heterocycles. The highest BCUT2D eigenvalue weighted by Gasteiger charge is 2.03. The van der Waals surface area contributed by atoms with Crippen LogP contribution in [0.1, 0.15) is 12.5 Å². The van der Waals surface area contributed by atoms with Crippen molar-refractivity contribution in [1.82, 2.24) is 4.57 Å². The summed E-state index contributed by atoms with van der Waals surface area (Å²) >= 11 is 0. The first-order valence-electron chi connectivity index (χ1n) is 5.44. The number of rotatable bonds is 3. The number of hydrogen-bond donors (Lipinski definition) is 1. The molecular formula is C13H18N2. The van der Waals surface area contributed by atoms with Crippen LogP contribution >= 0.6 is 0 Å². The van der Waals surface area contributed by atoms with E-state index in [-0.39, 0.29) is 0 Å². The van der Waals surface area contributed by atoms with Crippen LogP contribution in [0.5, 0.6) is 0 Å². The van der Waals surface area contributed by atoms with E-state index in [9.17, 15) is 0 Å². The third-order valence-corrected chi connectivity index (χ3v) is 2.94. The molecule has 2 nitrogen and oxygen atoms in total. The Morgan fingerprint density at radius 1 is 1.33 bits per heavy atom. The smallest absolute Gasteiger partial charge is 0.0477 e. The minimum atomic E-state index is 0.561. The van der Waals surface area contributed by atoms with Gasteiger partial charge >= 0.3 is 0 Å². The maximum absolute atomic E-state index is 5.63. The molecule has 0 saturated carbocycles. The van der Waals surface area contributed by atoms with Gasteiger partial charge in [0.15, 0.2) is 0 Å². The summed E-state index contributed by atoms with van der Waals surface area (Å²) in [6.45, 7) is 2.95. The van der Waals surface area contributed by atoms with Gasteiger partial charge in [-0.25, -0.2) is 0 Å². The van der Waals surface area contributed by atoms with Gasteiger partial charge < -0.3 is 10.3 Å². The molecule has 0 aliphatic heterocycles. The predicted molar refractivity (Wildman–Crippen MR) is 64.8 cm³/mol. The Bertz CT molecular complexity index is 457. The Kier molecular flexibility index (Phi) is 2.78. The molecule has 0 radical (unpaired) electrons. The highest BCUT2D eigenvalue weighted by molar-refractivity contribution is 5.80. The van der Waals surface area contributed by atoms with E-state index in [1.807, 2.05) is 0 Å². The van der Waals surface area contributed by atoms with Crippen molar-refractivity contribution in [2.75, 3.05) is 6.54 Å². The van der Waals surface area contributed by atoms with E-state index in [1.165, 1.54) is 16.5 Å². The summed E-state index contributed by atoms with van der Waals surface area (Å²) in [7, 11) is 2.07. The van der Waals surface area contributed by atoms with Crippen LogP contribution in [0.3, 0.4) is 0 Å². The van der Waals surface area contributed by atoms with Crippen LogP contribution in [0.15, 0.2) is 30.5 Å². The van der Waals surface area contributed by atoms with Crippen LogP contribution in [-0.2, 0) is 13.5 Å². The molecule has 2 heteroatoms. The van der Waals surface area contributed by atoms with Crippen LogP contribution in [0.25, 0.3) is 10.9 Å². The standard InChI is InChI=1S/C13H18N2/c1-10(9-14)7-11-3-4-13-12(8-11)5-6-15(13)2/h3-6,8,10H,7,9,14H2,1-2H3. The molecule has 15 heavy (non-hydrogen) atoms. The number of benzene rings is 1. The lowest BCUT2D eigenvalue weighted by Gasteiger charge is -2.08. The molecule has 80 valence electrons. The molecule has 1 heterocycles. The fraction of sp³-hybridized carbons (Fsp3) is 0.385. The van der Waals surface area contributed by atoms with E-state index < -0.39 is 0 Å². The summed E-state index contributed by atoms with van der Waals surface area (Å²) in [5.41, 5.74) is 8.30. The highest BCUT2D eigenvalue weighted by atomic mass is 14.9. The van der Waals surface area contributed by atoms with Crippen molar-refractivity contribution in [2.45, 2.75) is 13.3 Å². The summed E-state index contributed by atoms with van der Waals surface area (Å²) in [4.78, 5) is 0. The van der Waals surface area contributed by atoms with Crippen molar-refractivity contribution in [3.63, 3.8) is 0 Å². The average Bonchev–Trinajstić information content (AvgIpc) is 2.60. The average molecular weight is 202 g/mol. The van der Waals surface area contributed by atoms with Crippen molar-refractivity contribution in [3.8, 4) is 0 Å². The van der Waals surface area contributed by atoms with Gasteiger partial charge in [0.25, 0.3) is 0 Å². The minimum absolute atomic E-state index is 0.561. The number of nitrogens with zero attached hydrogens (tertiary/aromatic N) is 1. The maximum atomic E-state index is 5.63. The van der Waals surface area contributed by atoms with Gasteiger partial charge in [-0.1, -0.05) is 13.0 Å². The zero-order valence-corrected chi connectivity index (χ0v) is 9.40. The number of nitrogens with two attached hydrogens (primary N) is 1. The molecule has 1 atom stereocenters. The van der Waals surface area contributed by atoms with Crippen molar-refractivity contribution < 1.29 is 0 Å². The minimum Gasteiger partial charge on any atom is -0.351 e. The van der Waals surface area contributed by atoms with Gasteiger partial charge in [-0.2, -0.15) is 0 Å². The monoisotopic (exact) mass is 202 g/mol. The molecule has 2 aromatic rings. The lowest BCUT2D eigenvalue weighted by molar-refractivity contribution is 0.593. The van der Waals surface area contributed by atoms with Gasteiger partial charge in [0, 0.05) is 18.8 Å². The van der Waals surface area contributed by atoms with Crippen LogP contribution in [0, 0.1) is 5.92 Å². The fourth-order valence-corrected chi connectivity index (χ4v) is 1.94. The molecule has 2 rings (SSSR count). The molecule has 1 aromatic carbocycles. The van der Waals surface area contributed by atoms with E-state index in [0.717, 1.165) is 13.0 Å². The second-order valence-electron chi connectivity index (χ2n) is 4.36. The topological polar surface area (TPSA) is 30.9 Å². The Morgan fingerprint density at radius 2 is 2.13 bits per heavy atom. The number of hydrogen-bond acceptors (Lipinski definition) is 1. The number of fused-ring (bicyclic) bond motifs is 1. The van der Waals surface area contributed by atoms with Crippen LogP contribution in [-0.4, -0.2) is 11.1 Å². The molecule has 1 aromatic heterocycles. The summed E-state index contributed by atoms with van der Waals surface area (Å²) < 4.78 is 2.14. The maximum Gasteiger partial charge on any atom is 0.0477 e. The van der Waals surface area contributed by atoms with Gasteiger partial charge in [0.05, 0.1) is 0 Å². The van der Waals surface area contributed by atoms with E-state index in [1.54, 1.807) is 0 Å². The molecule has 0 spiro atoms. The first-order chi connectivity index (χ1) is 7.20. The molecule has 2 N–H and O–H groups in total. The first kappa shape index (κ1) is 10.2. The highest BCUT2D eigenvalue weighted by Crippen LogP contribution is 2.18. The Balaban J connectivity index is 2.31. The Labute approximate surface area is 90.7 Å². The fourth-order valence-electron chi connectivity index (χ4n) is 1.94. The third-order valence-electron chi connectivity index (χ3n) is 2.94.